The molecule has 0 atom stereocenters. The Kier molecular flexibility index (Phi) is 65.2. The first-order valence-corrected chi connectivity index (χ1v) is 49.7. The van der Waals surface area contributed by atoms with Crippen molar-refractivity contribution in [3.8, 4) is 0 Å². The lowest BCUT2D eigenvalue weighted by molar-refractivity contribution is -0.144. The molecule has 680 valence electrons. The van der Waals surface area contributed by atoms with E-state index < -0.39 is 59.2 Å². The van der Waals surface area contributed by atoms with Crippen LogP contribution in [0.15, 0.2) is 54.6 Å². The number of benzene rings is 3. The van der Waals surface area contributed by atoms with Crippen molar-refractivity contribution in [1.82, 2.24) is 0 Å². The number of nitrogens with one attached hydrogen (secondary N) is 6. The lowest BCUT2D eigenvalue weighted by Gasteiger charge is -2.31. The summed E-state index contributed by atoms with van der Waals surface area (Å²) in [7, 11) is 0. The Morgan fingerprint density at radius 1 is 0.267 bits per heavy atom. The summed E-state index contributed by atoms with van der Waals surface area (Å²) in [6, 6.07) is 14.7. The Balaban J connectivity index is 1.52. The van der Waals surface area contributed by atoms with E-state index in [0.29, 0.717) is 53.6 Å². The lowest BCUT2D eigenvalue weighted by atomic mass is 9.88. The number of ether oxygens (including phenoxy) is 6. The summed E-state index contributed by atoms with van der Waals surface area (Å²) in [5.41, 5.74) is 2.86. The molecule has 0 saturated carbocycles. The number of unbranched alkanes of at least 4 members (excludes halogenated alkanes) is 45. The predicted octanol–water partition coefficient (Wildman–Crippen LogP) is 29.4. The number of thioether (sulfide) groups is 3. The van der Waals surface area contributed by atoms with Gasteiger partial charge in [0.2, 0.25) is 0 Å². The van der Waals surface area contributed by atoms with E-state index in [9.17, 15) is 43.2 Å². The highest BCUT2D eigenvalue weighted by atomic mass is 32.2. The number of hydrogen-bond donors (Lipinski definition) is 6. The maximum atomic E-state index is 13.7. The molecule has 24 heteroatoms. The molecule has 0 unspecified atom stereocenters. The molecule has 0 aromatic heterocycles. The van der Waals surface area contributed by atoms with E-state index in [-0.39, 0.29) is 77.9 Å². The molecule has 0 saturated heterocycles. The Bertz CT molecular complexity index is 2940. The van der Waals surface area contributed by atoms with Crippen LogP contribution in [0, 0.1) is 26.2 Å². The van der Waals surface area contributed by atoms with Gasteiger partial charge in [-0.25, -0.2) is 14.4 Å². The van der Waals surface area contributed by atoms with E-state index in [4.69, 9.17) is 28.4 Å². The number of esters is 3. The molecule has 0 radical (unpaired) electrons. The van der Waals surface area contributed by atoms with Gasteiger partial charge in [0.25, 0.3) is 15.7 Å². The molecule has 6 N–H and O–H groups in total. The van der Waals surface area contributed by atoms with Crippen molar-refractivity contribution < 1.29 is 71.6 Å². The van der Waals surface area contributed by atoms with Crippen molar-refractivity contribution >= 4 is 121 Å². The van der Waals surface area contributed by atoms with Crippen LogP contribution in [-0.4, -0.2) is 109 Å². The third kappa shape index (κ3) is 58.4. The number of carbonyl (C=O) groups excluding carboxylic acids is 9. The Morgan fingerprint density at radius 3 is 0.667 bits per heavy atom. The molecule has 0 spiro atoms. The van der Waals surface area contributed by atoms with Gasteiger partial charge in [-0.05, 0) is 99.5 Å². The minimum absolute atomic E-state index is 0.0714. The number of aryl methyl sites for hydroxylation is 3. The topological polar surface area (TPSA) is 281 Å². The van der Waals surface area contributed by atoms with Crippen molar-refractivity contribution in [3.05, 3.63) is 71.3 Å². The smallest absolute Gasteiger partial charge is 0.411 e. The fourth-order valence-corrected chi connectivity index (χ4v) is 15.8. The second-order valence-electron chi connectivity index (χ2n) is 32.7. The zero-order valence-electron chi connectivity index (χ0n) is 75.2. The molecule has 0 aliphatic carbocycles. The second kappa shape index (κ2) is 72.8. The quantitative estimate of drug-likeness (QED) is 0.0174. The van der Waals surface area contributed by atoms with Crippen LogP contribution in [0.25, 0.3) is 0 Å². The van der Waals surface area contributed by atoms with Crippen LogP contribution in [-0.2, 0) is 42.8 Å². The van der Waals surface area contributed by atoms with Gasteiger partial charge in [0, 0.05) is 51.4 Å². The highest BCUT2D eigenvalue weighted by molar-refractivity contribution is 8.14. The van der Waals surface area contributed by atoms with Crippen LogP contribution < -0.4 is 31.9 Å². The zero-order valence-corrected chi connectivity index (χ0v) is 77.6. The van der Waals surface area contributed by atoms with Crippen LogP contribution in [0.3, 0.4) is 0 Å². The normalized spacial score (nSPS) is 11.2. The molecule has 0 heterocycles. The first-order chi connectivity index (χ1) is 58.4. The molecule has 120 heavy (non-hydrogen) atoms. The fourth-order valence-electron chi connectivity index (χ4n) is 13.9. The van der Waals surface area contributed by atoms with Gasteiger partial charge < -0.3 is 44.4 Å². The highest BCUT2D eigenvalue weighted by Crippen LogP contribution is 2.30. The van der Waals surface area contributed by atoms with E-state index >= 15 is 0 Å². The molecular weight excluding hydrogens is 1570 g/mol. The molecule has 21 nitrogen and oxygen atoms in total. The number of amides is 6. The molecule has 3 rings (SSSR count). The summed E-state index contributed by atoms with van der Waals surface area (Å²) >= 11 is 2.84. The summed E-state index contributed by atoms with van der Waals surface area (Å²) < 4.78 is 33.8. The van der Waals surface area contributed by atoms with Gasteiger partial charge in [-0.2, -0.15) is 0 Å². The van der Waals surface area contributed by atoms with Gasteiger partial charge in [-0.1, -0.05) is 370 Å². The van der Waals surface area contributed by atoms with Crippen LogP contribution >= 0.6 is 35.3 Å². The first-order valence-electron chi connectivity index (χ1n) is 46.8. The molecule has 0 aliphatic heterocycles. The van der Waals surface area contributed by atoms with Gasteiger partial charge in [0.15, 0.2) is 0 Å². The number of carbonyl (C=O) groups is 9. The summed E-state index contributed by atoms with van der Waals surface area (Å²) in [6.45, 7) is 13.7. The molecule has 0 aliphatic rings. The van der Waals surface area contributed by atoms with Gasteiger partial charge in [0.05, 0.1) is 44.5 Å². The van der Waals surface area contributed by atoms with Crippen LogP contribution in [0.1, 0.15) is 378 Å². The van der Waals surface area contributed by atoms with Crippen LogP contribution in [0.2, 0.25) is 0 Å². The summed E-state index contributed by atoms with van der Waals surface area (Å²) in [4.78, 5) is 118. The highest BCUT2D eigenvalue weighted by Gasteiger charge is 2.35. The zero-order chi connectivity index (χ0) is 87.0. The van der Waals surface area contributed by atoms with E-state index in [2.05, 4.69) is 52.7 Å². The largest absolute Gasteiger partial charge is 0.466 e. The Labute approximate surface area is 736 Å². The summed E-state index contributed by atoms with van der Waals surface area (Å²) in [5, 5.41) is 15.4. The van der Waals surface area contributed by atoms with Crippen molar-refractivity contribution in [2.45, 2.75) is 382 Å². The third-order valence-electron chi connectivity index (χ3n) is 21.8. The van der Waals surface area contributed by atoms with E-state index in [1.807, 2.05) is 0 Å². The molecule has 3 aromatic carbocycles. The Hall–Kier alpha value is -6.66. The predicted molar refractivity (Wildman–Crippen MR) is 501 cm³/mol. The minimum atomic E-state index is -1.34. The second-order valence-corrected chi connectivity index (χ2v) is 35.9. The molecule has 0 bridgehead atoms. The summed E-state index contributed by atoms with van der Waals surface area (Å²) in [6.07, 6.45) is 58.2. The molecular formula is C96H158N6O15S3. The van der Waals surface area contributed by atoms with Crippen molar-refractivity contribution in [1.29, 1.82) is 0 Å². The van der Waals surface area contributed by atoms with Gasteiger partial charge in [-0.3, -0.25) is 44.7 Å². The molecule has 6 amide bonds. The van der Waals surface area contributed by atoms with E-state index in [1.165, 1.54) is 250 Å². The first kappa shape index (κ1) is 108. The van der Waals surface area contributed by atoms with Gasteiger partial charge in [0.1, 0.15) is 19.8 Å². The number of rotatable bonds is 73. The maximum absolute atomic E-state index is 13.7. The monoisotopic (exact) mass is 1730 g/mol. The van der Waals surface area contributed by atoms with Crippen molar-refractivity contribution in [3.63, 3.8) is 0 Å². The average molecular weight is 1730 g/mol. The molecule has 0 fully saturated rings. The van der Waals surface area contributed by atoms with Crippen molar-refractivity contribution in [2.24, 2.45) is 5.41 Å². The van der Waals surface area contributed by atoms with Crippen LogP contribution in [0.5, 0.6) is 0 Å². The number of hydrogen-bond acceptors (Lipinski definition) is 18. The third-order valence-corrected chi connectivity index (χ3v) is 24.2. The lowest BCUT2D eigenvalue weighted by Crippen LogP contribution is -2.40. The minimum Gasteiger partial charge on any atom is -0.466 e. The summed E-state index contributed by atoms with van der Waals surface area (Å²) in [5.74, 6) is -0.425. The number of anilines is 6. The molecule has 3 aromatic rings. The standard InChI is InChI=1S/C96H158N6O15S3/c1-8-12-15-18-21-24-27-30-33-36-39-42-45-48-51-54-66-112-87(103)63-69-118-93(109)100-84-72-81(60-57-78(84)5)97-90(106)115-75-96(11-4,76-116-91(107)98-82-61-58-79(6)85(73-82)101-94(110)119-70-64-88(104)113-67-55-52-49-46-43-40-37-34-31-28-25-22-19-16-13-9-2)77-117-92(108)99-83-62-59-80(7)86(74-83)102-95(111)120-71-65-89(105)114-68-56-53-50-47-44-41-38-35-32-29-26-23-20-17-14-10-3/h57-62,72-74H,8-56,63-71,75-77H2,1-7H3,(H,97,106)(H,98,107)(H,99,108)(H,100,109)(H,101,110)(H,102,111). The fraction of sp³-hybridized carbons (Fsp3) is 0.719. The van der Waals surface area contributed by atoms with E-state index in [1.54, 1.807) is 82.3 Å². The average Bonchev–Trinajstić information content (AvgIpc) is 0.857. The van der Waals surface area contributed by atoms with Gasteiger partial charge >= 0.3 is 36.2 Å². The Morgan fingerprint density at radius 2 is 0.467 bits per heavy atom. The maximum Gasteiger partial charge on any atom is 0.411 e. The SMILES string of the molecule is CCCCCCCCCCCCCCCCCCOC(=O)CCSC(=O)Nc1cc(NC(=O)OCC(CC)(COC(=O)Nc2ccc(C)c(NC(=O)SCCC(=O)OCCCCCCCCCCCCCCCCCC)c2)COC(=O)Nc2ccc(C)c(NC(=O)SCCC(=O)OCCCCCCCCCCCCCCCCCC)c2)ccc1C. The van der Waals surface area contributed by atoms with Gasteiger partial charge in [-0.15, -0.1) is 0 Å². The van der Waals surface area contributed by atoms with Crippen molar-refractivity contribution in [2.75, 3.05) is 88.8 Å². The van der Waals surface area contributed by atoms with Crippen LogP contribution in [0.4, 0.5) is 62.9 Å². The van der Waals surface area contributed by atoms with E-state index in [0.717, 1.165) is 93.1 Å².